The highest BCUT2D eigenvalue weighted by Crippen LogP contribution is 2.21. The van der Waals surface area contributed by atoms with Gasteiger partial charge in [0.05, 0.1) is 38.6 Å². The van der Waals surface area contributed by atoms with Gasteiger partial charge in [0, 0.05) is 18.7 Å². The molecular weight excluding hydrogens is 318 g/mol. The number of carbonyl (C=O) groups excluding carboxylic acids is 1. The number of carbonyl (C=O) groups is 1. The Bertz CT molecular complexity index is 725. The zero-order valence-electron chi connectivity index (χ0n) is 14.6. The number of morpholine rings is 1. The van der Waals surface area contributed by atoms with Gasteiger partial charge < -0.3 is 19.7 Å². The summed E-state index contributed by atoms with van der Waals surface area (Å²) in [5.41, 5.74) is 2.66. The van der Waals surface area contributed by atoms with Crippen LogP contribution in [0, 0.1) is 6.92 Å². The van der Waals surface area contributed by atoms with Crippen molar-refractivity contribution < 1.29 is 14.3 Å². The molecule has 1 fully saturated rings. The molecule has 1 aliphatic heterocycles. The second-order valence-electron chi connectivity index (χ2n) is 6.04. The summed E-state index contributed by atoms with van der Waals surface area (Å²) in [7, 11) is 1.61. The van der Waals surface area contributed by atoms with E-state index in [0.717, 1.165) is 49.0 Å². The number of benzene rings is 1. The molecule has 0 spiro atoms. The van der Waals surface area contributed by atoms with Crippen LogP contribution >= 0.6 is 0 Å². The lowest BCUT2D eigenvalue weighted by atomic mass is 10.1. The van der Waals surface area contributed by atoms with Crippen LogP contribution in [-0.4, -0.2) is 44.3 Å². The first kappa shape index (κ1) is 17.2. The molecule has 6 heteroatoms. The van der Waals surface area contributed by atoms with Gasteiger partial charge in [-0.05, 0) is 25.1 Å². The van der Waals surface area contributed by atoms with E-state index in [9.17, 15) is 4.79 Å². The summed E-state index contributed by atoms with van der Waals surface area (Å²) in [4.78, 5) is 18.9. The predicted octanol–water partition coefficient (Wildman–Crippen LogP) is 2.42. The molecule has 0 bridgehead atoms. The third-order valence-electron chi connectivity index (χ3n) is 4.15. The predicted molar refractivity (Wildman–Crippen MR) is 97.3 cm³/mol. The molecular formula is C19H23N3O3. The van der Waals surface area contributed by atoms with Crippen LogP contribution in [0.15, 0.2) is 36.5 Å². The maximum Gasteiger partial charge on any atom is 0.228 e. The van der Waals surface area contributed by atoms with Crippen molar-refractivity contribution in [3.8, 4) is 5.75 Å². The Balaban J connectivity index is 1.62. The number of nitrogens with zero attached hydrogens (tertiary/aromatic N) is 2. The Kier molecular flexibility index (Phi) is 5.50. The number of pyridine rings is 1. The molecule has 0 saturated carbocycles. The van der Waals surface area contributed by atoms with E-state index in [1.165, 1.54) is 0 Å². The number of aryl methyl sites for hydroxylation is 1. The summed E-state index contributed by atoms with van der Waals surface area (Å²) in [5.74, 6) is 1.54. The zero-order chi connectivity index (χ0) is 17.6. The minimum atomic E-state index is -0.0928. The largest absolute Gasteiger partial charge is 0.496 e. The first-order chi connectivity index (χ1) is 12.2. The lowest BCUT2D eigenvalue weighted by Crippen LogP contribution is -2.36. The number of hydrogen-bond acceptors (Lipinski definition) is 5. The lowest BCUT2D eigenvalue weighted by Gasteiger charge is -2.27. The number of anilines is 2. The van der Waals surface area contributed by atoms with Gasteiger partial charge in [-0.15, -0.1) is 0 Å². The van der Waals surface area contributed by atoms with E-state index >= 15 is 0 Å². The van der Waals surface area contributed by atoms with Crippen molar-refractivity contribution in [2.45, 2.75) is 13.3 Å². The quantitative estimate of drug-likeness (QED) is 0.905. The second-order valence-corrected chi connectivity index (χ2v) is 6.04. The Morgan fingerprint density at radius 2 is 2.08 bits per heavy atom. The molecule has 1 aromatic carbocycles. The molecule has 3 rings (SSSR count). The van der Waals surface area contributed by atoms with Crippen LogP contribution in [0.4, 0.5) is 11.5 Å². The number of hydrogen-bond donors (Lipinski definition) is 1. The van der Waals surface area contributed by atoms with Crippen LogP contribution in [0.1, 0.15) is 11.1 Å². The number of methoxy groups -OCH3 is 1. The van der Waals surface area contributed by atoms with Crippen LogP contribution in [0.2, 0.25) is 0 Å². The van der Waals surface area contributed by atoms with Gasteiger partial charge in [-0.2, -0.15) is 0 Å². The van der Waals surface area contributed by atoms with Crippen molar-refractivity contribution in [2.75, 3.05) is 43.6 Å². The fraction of sp³-hybridized carbons (Fsp3) is 0.368. The van der Waals surface area contributed by atoms with Crippen LogP contribution in [0.3, 0.4) is 0 Å². The molecule has 0 atom stereocenters. The van der Waals surface area contributed by atoms with E-state index in [2.05, 4.69) is 15.2 Å². The van der Waals surface area contributed by atoms with E-state index in [0.29, 0.717) is 5.69 Å². The molecule has 1 N–H and O–H groups in total. The van der Waals surface area contributed by atoms with E-state index in [4.69, 9.17) is 9.47 Å². The van der Waals surface area contributed by atoms with Crippen molar-refractivity contribution in [1.82, 2.24) is 4.98 Å². The molecule has 132 valence electrons. The number of ether oxygens (including phenoxy) is 2. The third kappa shape index (κ3) is 4.48. The first-order valence-corrected chi connectivity index (χ1v) is 8.38. The van der Waals surface area contributed by atoms with Crippen molar-refractivity contribution in [3.05, 3.63) is 47.7 Å². The van der Waals surface area contributed by atoms with Gasteiger partial charge >= 0.3 is 0 Å². The molecule has 1 amide bonds. The molecule has 1 saturated heterocycles. The average molecular weight is 341 g/mol. The zero-order valence-corrected chi connectivity index (χ0v) is 14.6. The topological polar surface area (TPSA) is 63.7 Å². The van der Waals surface area contributed by atoms with Crippen molar-refractivity contribution >= 4 is 17.4 Å². The normalized spacial score (nSPS) is 14.2. The van der Waals surface area contributed by atoms with Crippen LogP contribution in [0.25, 0.3) is 0 Å². The molecule has 1 aliphatic rings. The fourth-order valence-corrected chi connectivity index (χ4v) is 2.86. The summed E-state index contributed by atoms with van der Waals surface area (Å²) < 4.78 is 10.7. The van der Waals surface area contributed by atoms with Gasteiger partial charge in [0.1, 0.15) is 11.6 Å². The van der Waals surface area contributed by atoms with Gasteiger partial charge in [-0.1, -0.05) is 17.7 Å². The standard InChI is InChI=1S/C19H23N3O3/c1-14-3-5-17(24-2)15(11-14)12-19(23)21-16-4-6-18(20-13-16)22-7-9-25-10-8-22/h3-6,11,13H,7-10,12H2,1-2H3,(H,21,23). The number of nitrogens with one attached hydrogen (secondary N) is 1. The van der Waals surface area contributed by atoms with Crippen molar-refractivity contribution in [1.29, 1.82) is 0 Å². The molecule has 25 heavy (non-hydrogen) atoms. The van der Waals surface area contributed by atoms with E-state index in [1.807, 2.05) is 37.3 Å². The van der Waals surface area contributed by atoms with Crippen molar-refractivity contribution in [3.63, 3.8) is 0 Å². The molecule has 1 aromatic heterocycles. The highest BCUT2D eigenvalue weighted by Gasteiger charge is 2.13. The van der Waals surface area contributed by atoms with E-state index in [-0.39, 0.29) is 12.3 Å². The summed E-state index contributed by atoms with van der Waals surface area (Å²) in [6, 6.07) is 9.63. The number of aromatic nitrogens is 1. The maximum atomic E-state index is 12.3. The molecule has 0 aliphatic carbocycles. The smallest absolute Gasteiger partial charge is 0.228 e. The molecule has 6 nitrogen and oxygen atoms in total. The SMILES string of the molecule is COc1ccc(C)cc1CC(=O)Nc1ccc(N2CCOCC2)nc1. The Morgan fingerprint density at radius 1 is 1.28 bits per heavy atom. The van der Waals surface area contributed by atoms with Gasteiger partial charge in [-0.25, -0.2) is 4.98 Å². The molecule has 0 unspecified atom stereocenters. The third-order valence-corrected chi connectivity index (χ3v) is 4.15. The molecule has 2 heterocycles. The lowest BCUT2D eigenvalue weighted by molar-refractivity contribution is -0.115. The number of rotatable bonds is 5. The summed E-state index contributed by atoms with van der Waals surface area (Å²) in [6.45, 7) is 5.11. The Morgan fingerprint density at radius 3 is 2.76 bits per heavy atom. The minimum absolute atomic E-state index is 0.0928. The van der Waals surface area contributed by atoms with Gasteiger partial charge in [-0.3, -0.25) is 4.79 Å². The van der Waals surface area contributed by atoms with Crippen molar-refractivity contribution in [2.24, 2.45) is 0 Å². The van der Waals surface area contributed by atoms with Gasteiger partial charge in [0.25, 0.3) is 0 Å². The minimum Gasteiger partial charge on any atom is -0.496 e. The fourth-order valence-electron chi connectivity index (χ4n) is 2.86. The first-order valence-electron chi connectivity index (χ1n) is 8.38. The highest BCUT2D eigenvalue weighted by molar-refractivity contribution is 5.92. The van der Waals surface area contributed by atoms with Gasteiger partial charge in [0.2, 0.25) is 5.91 Å². The Labute approximate surface area is 147 Å². The van der Waals surface area contributed by atoms with E-state index in [1.54, 1.807) is 13.3 Å². The Hall–Kier alpha value is -2.60. The second kappa shape index (κ2) is 7.98. The van der Waals surface area contributed by atoms with Gasteiger partial charge in [0.15, 0.2) is 0 Å². The summed E-state index contributed by atoms with van der Waals surface area (Å²) in [5, 5.41) is 2.89. The van der Waals surface area contributed by atoms with Crippen LogP contribution < -0.4 is 15.0 Å². The molecule has 0 radical (unpaired) electrons. The monoisotopic (exact) mass is 341 g/mol. The van der Waals surface area contributed by atoms with Crippen LogP contribution in [-0.2, 0) is 16.0 Å². The van der Waals surface area contributed by atoms with E-state index < -0.39 is 0 Å². The summed E-state index contributed by atoms with van der Waals surface area (Å²) in [6.07, 6.45) is 1.95. The number of amides is 1. The highest BCUT2D eigenvalue weighted by atomic mass is 16.5. The average Bonchev–Trinajstić information content (AvgIpc) is 2.63. The van der Waals surface area contributed by atoms with Crippen LogP contribution in [0.5, 0.6) is 5.75 Å². The maximum absolute atomic E-state index is 12.3. The molecule has 2 aromatic rings. The summed E-state index contributed by atoms with van der Waals surface area (Å²) >= 11 is 0.